The largest absolute Gasteiger partial charge is 0.466 e. The van der Waals surface area contributed by atoms with Crippen LogP contribution in [0.4, 0.5) is 5.69 Å². The number of methoxy groups -OCH3 is 4. The second-order valence-electron chi connectivity index (χ2n) is 6.31. The molecule has 11 heteroatoms. The number of hydrogen-bond acceptors (Lipinski definition) is 10. The van der Waals surface area contributed by atoms with E-state index in [4.69, 9.17) is 18.9 Å². The quantitative estimate of drug-likeness (QED) is 0.506. The van der Waals surface area contributed by atoms with Gasteiger partial charge in [-0.2, -0.15) is 0 Å². The number of ether oxygens (including phenoxy) is 4. The third kappa shape index (κ3) is 3.01. The number of amides is 1. The van der Waals surface area contributed by atoms with E-state index in [1.165, 1.54) is 12.1 Å². The maximum Gasteiger partial charge on any atom is 0.358 e. The Morgan fingerprint density at radius 3 is 2.06 bits per heavy atom. The predicted molar refractivity (Wildman–Crippen MR) is 102 cm³/mol. The normalized spacial score (nSPS) is 19.3. The van der Waals surface area contributed by atoms with Crippen LogP contribution in [-0.4, -0.2) is 63.9 Å². The van der Waals surface area contributed by atoms with Crippen molar-refractivity contribution in [2.24, 2.45) is 0 Å². The van der Waals surface area contributed by atoms with E-state index in [1.807, 2.05) is 0 Å². The van der Waals surface area contributed by atoms with E-state index in [0.29, 0.717) is 0 Å². The molecule has 162 valence electrons. The average Bonchev–Trinajstić information content (AvgIpc) is 2.80. The molecule has 0 saturated heterocycles. The van der Waals surface area contributed by atoms with Crippen LogP contribution in [-0.2, 0) is 38.1 Å². The lowest BCUT2D eigenvalue weighted by Gasteiger charge is -2.47. The molecule has 0 fully saturated rings. The summed E-state index contributed by atoms with van der Waals surface area (Å²) < 4.78 is 19.2. The van der Waals surface area contributed by atoms with Crippen LogP contribution in [0.15, 0.2) is 47.2 Å². The van der Waals surface area contributed by atoms with Crippen LogP contribution in [0.5, 0.6) is 0 Å². The van der Waals surface area contributed by atoms with E-state index in [2.05, 4.69) is 5.32 Å². The summed E-state index contributed by atoms with van der Waals surface area (Å²) in [6.45, 7) is 0. The van der Waals surface area contributed by atoms with E-state index in [-0.39, 0.29) is 16.8 Å². The summed E-state index contributed by atoms with van der Waals surface area (Å²) >= 11 is 0. The zero-order valence-corrected chi connectivity index (χ0v) is 17.0. The summed E-state index contributed by atoms with van der Waals surface area (Å²) in [5.74, 6) is -5.14. The molecule has 2 aliphatic rings. The molecule has 0 radical (unpaired) electrons. The molecule has 3 rings (SSSR count). The number of anilines is 1. The Bertz CT molecular complexity index is 1070. The first-order valence-corrected chi connectivity index (χ1v) is 8.79. The number of fused-ring (bicyclic) bond motifs is 3. The van der Waals surface area contributed by atoms with Gasteiger partial charge in [-0.15, -0.1) is 0 Å². The number of nitrogens with zero attached hydrogens (tertiary/aromatic N) is 1. The van der Waals surface area contributed by atoms with E-state index in [0.717, 1.165) is 39.5 Å². The maximum absolute atomic E-state index is 13.1. The Kier molecular flexibility index (Phi) is 5.52. The highest BCUT2D eigenvalue weighted by molar-refractivity contribution is 6.20. The van der Waals surface area contributed by atoms with Crippen molar-refractivity contribution in [1.29, 1.82) is 0 Å². The summed E-state index contributed by atoms with van der Waals surface area (Å²) in [6, 6.07) is 6.15. The minimum Gasteiger partial charge on any atom is -0.466 e. The van der Waals surface area contributed by atoms with Crippen LogP contribution in [0.1, 0.15) is 10.4 Å². The molecule has 31 heavy (non-hydrogen) atoms. The summed E-state index contributed by atoms with van der Waals surface area (Å²) in [6.07, 6.45) is 1.11. The van der Waals surface area contributed by atoms with E-state index in [9.17, 15) is 24.0 Å². The van der Waals surface area contributed by atoms with Crippen LogP contribution in [0.2, 0.25) is 0 Å². The first kappa shape index (κ1) is 21.6. The van der Waals surface area contributed by atoms with E-state index >= 15 is 0 Å². The van der Waals surface area contributed by atoms with Crippen LogP contribution >= 0.6 is 0 Å². The molecule has 1 aromatic rings. The minimum atomic E-state index is -2.35. The highest BCUT2D eigenvalue weighted by Crippen LogP contribution is 2.43. The van der Waals surface area contributed by atoms with Crippen molar-refractivity contribution >= 4 is 35.5 Å². The molecular formula is C20H18N2O9. The number of para-hydroxylation sites is 1. The summed E-state index contributed by atoms with van der Waals surface area (Å²) in [7, 11) is 4.14. The zero-order valence-electron chi connectivity index (χ0n) is 17.0. The Morgan fingerprint density at radius 2 is 1.48 bits per heavy atom. The molecule has 1 N–H and O–H groups in total. The van der Waals surface area contributed by atoms with Crippen molar-refractivity contribution in [3.05, 3.63) is 52.7 Å². The third-order valence-corrected chi connectivity index (χ3v) is 4.87. The van der Waals surface area contributed by atoms with E-state index < -0.39 is 46.6 Å². The van der Waals surface area contributed by atoms with Gasteiger partial charge in [-0.1, -0.05) is 12.1 Å². The molecule has 1 aromatic carbocycles. The van der Waals surface area contributed by atoms with Gasteiger partial charge in [0.1, 0.15) is 5.57 Å². The highest BCUT2D eigenvalue weighted by atomic mass is 16.5. The molecule has 1 unspecified atom stereocenters. The summed E-state index contributed by atoms with van der Waals surface area (Å²) in [5.41, 5.74) is -3.70. The summed E-state index contributed by atoms with van der Waals surface area (Å²) in [4.78, 5) is 65.2. The van der Waals surface area contributed by atoms with Gasteiger partial charge in [0.2, 0.25) is 0 Å². The van der Waals surface area contributed by atoms with Crippen molar-refractivity contribution < 1.29 is 42.9 Å². The van der Waals surface area contributed by atoms with Gasteiger partial charge in [-0.3, -0.25) is 4.79 Å². The standard InChI is InChI=1S/C20H18N2O9/c1-28-16(24)11-9-22-12-8-6-5-7-10(12)15(23)21-20(22,19(27)31-4)14(18(26)30-3)13(11)17(25)29-2/h5-9H,1-4H3,(H,21,23). The first-order chi connectivity index (χ1) is 14.8. The molecule has 2 aliphatic heterocycles. The minimum absolute atomic E-state index is 0.147. The molecule has 0 aliphatic carbocycles. The SMILES string of the molecule is COC(=O)C1=CN2c3ccccc3C(=O)NC2(C(=O)OC)C(C(=O)OC)=C1C(=O)OC. The van der Waals surface area contributed by atoms with Crippen LogP contribution in [0.3, 0.4) is 0 Å². The van der Waals surface area contributed by atoms with Gasteiger partial charge >= 0.3 is 23.9 Å². The lowest BCUT2D eigenvalue weighted by molar-refractivity contribution is -0.150. The van der Waals surface area contributed by atoms with Crippen molar-refractivity contribution in [1.82, 2.24) is 5.32 Å². The second-order valence-corrected chi connectivity index (χ2v) is 6.31. The molecule has 0 saturated carbocycles. The van der Waals surface area contributed by atoms with Gasteiger partial charge in [-0.25, -0.2) is 19.2 Å². The Morgan fingerprint density at radius 1 is 0.871 bits per heavy atom. The molecule has 0 aromatic heterocycles. The van der Waals surface area contributed by atoms with Gasteiger partial charge in [0, 0.05) is 6.20 Å². The molecule has 0 bridgehead atoms. The third-order valence-electron chi connectivity index (χ3n) is 4.87. The van der Waals surface area contributed by atoms with Crippen molar-refractivity contribution in [2.45, 2.75) is 5.66 Å². The topological polar surface area (TPSA) is 138 Å². The number of esters is 4. The Balaban J connectivity index is 2.51. The smallest absolute Gasteiger partial charge is 0.358 e. The molecule has 1 amide bonds. The fourth-order valence-electron chi connectivity index (χ4n) is 3.54. The highest BCUT2D eigenvalue weighted by Gasteiger charge is 2.60. The number of hydrogen-bond donors (Lipinski definition) is 1. The Hall–Kier alpha value is -4.15. The fourth-order valence-corrected chi connectivity index (χ4v) is 3.54. The summed E-state index contributed by atoms with van der Waals surface area (Å²) in [5, 5.41) is 2.44. The van der Waals surface area contributed by atoms with E-state index in [1.54, 1.807) is 12.1 Å². The maximum atomic E-state index is 13.1. The molecule has 1 atom stereocenters. The number of carbonyl (C=O) groups is 5. The first-order valence-electron chi connectivity index (χ1n) is 8.79. The van der Waals surface area contributed by atoms with Crippen LogP contribution in [0.25, 0.3) is 0 Å². The lowest BCUT2D eigenvalue weighted by Crippen LogP contribution is -2.71. The van der Waals surface area contributed by atoms with Crippen LogP contribution in [0, 0.1) is 0 Å². The fraction of sp³-hybridized carbons (Fsp3) is 0.250. The predicted octanol–water partition coefficient (Wildman–Crippen LogP) is -0.181. The van der Waals surface area contributed by atoms with Gasteiger partial charge in [0.15, 0.2) is 0 Å². The molecular weight excluding hydrogens is 412 g/mol. The molecule has 11 nitrogen and oxygen atoms in total. The van der Waals surface area contributed by atoms with Crippen molar-refractivity contribution in [3.8, 4) is 0 Å². The zero-order chi connectivity index (χ0) is 22.9. The van der Waals surface area contributed by atoms with Crippen molar-refractivity contribution in [3.63, 3.8) is 0 Å². The van der Waals surface area contributed by atoms with Crippen molar-refractivity contribution in [2.75, 3.05) is 33.3 Å². The Labute approximate surface area is 176 Å². The van der Waals surface area contributed by atoms with Gasteiger partial charge in [0.25, 0.3) is 11.6 Å². The monoisotopic (exact) mass is 430 g/mol. The molecule has 0 spiro atoms. The van der Waals surface area contributed by atoms with Gasteiger partial charge in [-0.05, 0) is 12.1 Å². The second kappa shape index (κ2) is 7.94. The number of rotatable bonds is 4. The van der Waals surface area contributed by atoms with Crippen LogP contribution < -0.4 is 10.2 Å². The molecule has 2 heterocycles. The van der Waals surface area contributed by atoms with Gasteiger partial charge in [0.05, 0.1) is 50.8 Å². The number of nitrogens with one attached hydrogen (secondary N) is 1. The number of benzene rings is 1. The van der Waals surface area contributed by atoms with Gasteiger partial charge < -0.3 is 29.2 Å². The number of carbonyl (C=O) groups excluding carboxylic acids is 5. The lowest BCUT2D eigenvalue weighted by atomic mass is 9.82. The average molecular weight is 430 g/mol.